The van der Waals surface area contributed by atoms with E-state index in [1.54, 1.807) is 17.4 Å². The smallest absolute Gasteiger partial charge is 0.287 e. The summed E-state index contributed by atoms with van der Waals surface area (Å²) in [4.78, 5) is 21.1. The van der Waals surface area contributed by atoms with Gasteiger partial charge in [-0.05, 0) is 26.1 Å². The zero-order valence-corrected chi connectivity index (χ0v) is 14.4. The molecule has 0 bridgehead atoms. The molecule has 0 saturated carbocycles. The minimum absolute atomic E-state index is 0.194. The molecule has 0 atom stereocenters. The average molecular weight is 334 g/mol. The molecule has 1 aliphatic heterocycles. The number of likely N-dealkylation sites (N-methyl/N-ethyl adjacent to an activating group) is 1. The molecule has 6 nitrogen and oxygen atoms in total. The van der Waals surface area contributed by atoms with Gasteiger partial charge in [-0.25, -0.2) is 4.98 Å². The molecule has 1 saturated heterocycles. The summed E-state index contributed by atoms with van der Waals surface area (Å²) in [5.41, 5.74) is 0.880. The molecular weight excluding hydrogens is 312 g/mol. The summed E-state index contributed by atoms with van der Waals surface area (Å²) in [6.45, 7) is 7.34. The van der Waals surface area contributed by atoms with Gasteiger partial charge in [-0.3, -0.25) is 9.69 Å². The van der Waals surface area contributed by atoms with Crippen molar-refractivity contribution in [2.45, 2.75) is 20.0 Å². The molecule has 2 aromatic heterocycles. The van der Waals surface area contributed by atoms with Crippen LogP contribution in [0.1, 0.15) is 27.0 Å². The summed E-state index contributed by atoms with van der Waals surface area (Å²) in [7, 11) is 2.14. The Morgan fingerprint density at radius 1 is 1.35 bits per heavy atom. The van der Waals surface area contributed by atoms with E-state index in [-0.39, 0.29) is 5.91 Å². The highest BCUT2D eigenvalue weighted by Gasteiger charge is 2.17. The summed E-state index contributed by atoms with van der Waals surface area (Å²) in [5.74, 6) is 1.01. The Morgan fingerprint density at radius 2 is 2.13 bits per heavy atom. The Hall–Kier alpha value is -1.70. The Bertz CT molecular complexity index is 659. The topological polar surface area (TPSA) is 61.6 Å². The van der Waals surface area contributed by atoms with E-state index in [1.165, 1.54) is 0 Å². The molecule has 23 heavy (non-hydrogen) atoms. The third-order valence-corrected chi connectivity index (χ3v) is 4.78. The highest BCUT2D eigenvalue weighted by Crippen LogP contribution is 2.13. The molecule has 3 rings (SSSR count). The molecule has 0 spiro atoms. The lowest BCUT2D eigenvalue weighted by Crippen LogP contribution is -2.43. The zero-order chi connectivity index (χ0) is 16.2. The molecule has 2 aromatic rings. The van der Waals surface area contributed by atoms with Crippen molar-refractivity contribution < 1.29 is 9.21 Å². The number of aryl methyl sites for hydroxylation is 1. The number of thiazole rings is 1. The van der Waals surface area contributed by atoms with Crippen LogP contribution in [0.15, 0.2) is 21.9 Å². The second-order valence-electron chi connectivity index (χ2n) is 5.89. The van der Waals surface area contributed by atoms with Gasteiger partial charge < -0.3 is 14.6 Å². The van der Waals surface area contributed by atoms with Crippen LogP contribution in [0.25, 0.3) is 0 Å². The number of carbonyl (C=O) groups is 1. The number of aromatic nitrogens is 1. The Labute approximate surface area is 140 Å². The molecule has 3 heterocycles. The van der Waals surface area contributed by atoms with Crippen molar-refractivity contribution in [2.75, 3.05) is 33.2 Å². The fraction of sp³-hybridized carbons (Fsp3) is 0.500. The molecule has 0 unspecified atom stereocenters. The molecule has 1 fully saturated rings. The number of nitrogens with one attached hydrogen (secondary N) is 1. The van der Waals surface area contributed by atoms with Gasteiger partial charge in [0, 0.05) is 31.6 Å². The van der Waals surface area contributed by atoms with Crippen molar-refractivity contribution in [2.24, 2.45) is 0 Å². The lowest BCUT2D eigenvalue weighted by Gasteiger charge is -2.31. The van der Waals surface area contributed by atoms with Gasteiger partial charge in [0.25, 0.3) is 5.91 Å². The number of carbonyl (C=O) groups excluding carboxylic acids is 1. The molecule has 7 heteroatoms. The predicted octanol–water partition coefficient (Wildman–Crippen LogP) is 1.72. The van der Waals surface area contributed by atoms with Gasteiger partial charge in [0.1, 0.15) is 5.76 Å². The van der Waals surface area contributed by atoms with Crippen LogP contribution in [-0.2, 0) is 13.1 Å². The van der Waals surface area contributed by atoms with Gasteiger partial charge in [-0.2, -0.15) is 0 Å². The van der Waals surface area contributed by atoms with Crippen LogP contribution in [0.5, 0.6) is 0 Å². The predicted molar refractivity (Wildman–Crippen MR) is 89.5 cm³/mol. The second kappa shape index (κ2) is 7.25. The van der Waals surface area contributed by atoms with Gasteiger partial charge in [0.15, 0.2) is 5.76 Å². The zero-order valence-electron chi connectivity index (χ0n) is 13.5. The average Bonchev–Trinajstić information content (AvgIpc) is 3.16. The number of furan rings is 1. The fourth-order valence-electron chi connectivity index (χ4n) is 2.56. The lowest BCUT2D eigenvalue weighted by atomic mass is 10.3. The van der Waals surface area contributed by atoms with Crippen LogP contribution in [0.3, 0.4) is 0 Å². The van der Waals surface area contributed by atoms with Crippen LogP contribution in [0, 0.1) is 6.92 Å². The van der Waals surface area contributed by atoms with Gasteiger partial charge in [0.05, 0.1) is 23.8 Å². The minimum Gasteiger partial charge on any atom is -0.455 e. The monoisotopic (exact) mass is 334 g/mol. The summed E-state index contributed by atoms with van der Waals surface area (Å²) in [6.07, 6.45) is 0. The first-order valence-electron chi connectivity index (χ1n) is 7.79. The van der Waals surface area contributed by atoms with Crippen molar-refractivity contribution in [3.63, 3.8) is 0 Å². The first-order chi connectivity index (χ1) is 11.1. The van der Waals surface area contributed by atoms with Crippen LogP contribution in [-0.4, -0.2) is 53.9 Å². The van der Waals surface area contributed by atoms with E-state index < -0.39 is 0 Å². The van der Waals surface area contributed by atoms with Crippen LogP contribution < -0.4 is 5.32 Å². The molecular formula is C16H22N4O2S. The maximum atomic E-state index is 12.1. The first kappa shape index (κ1) is 16.2. The Morgan fingerprint density at radius 3 is 2.83 bits per heavy atom. The third-order valence-electron chi connectivity index (χ3n) is 3.96. The van der Waals surface area contributed by atoms with Crippen LogP contribution in [0.2, 0.25) is 0 Å². The van der Waals surface area contributed by atoms with E-state index in [1.807, 2.05) is 18.4 Å². The van der Waals surface area contributed by atoms with Crippen LogP contribution >= 0.6 is 11.3 Å². The van der Waals surface area contributed by atoms with Crippen LogP contribution in [0.4, 0.5) is 0 Å². The standard InChI is InChI=1S/C16H22N4O2S/c1-12-18-13(11-23-12)9-17-16(21)15-4-3-14(22-15)10-20-7-5-19(2)6-8-20/h3-4,11H,5-10H2,1-2H3,(H,17,21). The maximum absolute atomic E-state index is 12.1. The van der Waals surface area contributed by atoms with Crippen molar-refractivity contribution in [3.8, 4) is 0 Å². The Kier molecular flexibility index (Phi) is 5.09. The summed E-state index contributed by atoms with van der Waals surface area (Å²) >= 11 is 1.58. The molecule has 1 amide bonds. The van der Waals surface area contributed by atoms with Gasteiger partial charge in [-0.1, -0.05) is 0 Å². The van der Waals surface area contributed by atoms with Gasteiger partial charge >= 0.3 is 0 Å². The van der Waals surface area contributed by atoms with Gasteiger partial charge in [0.2, 0.25) is 0 Å². The number of rotatable bonds is 5. The minimum atomic E-state index is -0.194. The van der Waals surface area contributed by atoms with Gasteiger partial charge in [-0.15, -0.1) is 11.3 Å². The fourth-order valence-corrected chi connectivity index (χ4v) is 3.17. The largest absolute Gasteiger partial charge is 0.455 e. The lowest BCUT2D eigenvalue weighted by molar-refractivity contribution is 0.0915. The molecule has 0 aromatic carbocycles. The van der Waals surface area contributed by atoms with E-state index in [2.05, 4.69) is 27.1 Å². The number of piperazine rings is 1. The second-order valence-corrected chi connectivity index (χ2v) is 6.95. The molecule has 0 aliphatic carbocycles. The summed E-state index contributed by atoms with van der Waals surface area (Å²) in [6, 6.07) is 3.63. The van der Waals surface area contributed by atoms with E-state index in [0.29, 0.717) is 12.3 Å². The quantitative estimate of drug-likeness (QED) is 0.902. The first-order valence-corrected chi connectivity index (χ1v) is 8.67. The number of amides is 1. The summed E-state index contributed by atoms with van der Waals surface area (Å²) < 4.78 is 5.68. The molecule has 124 valence electrons. The summed E-state index contributed by atoms with van der Waals surface area (Å²) in [5, 5.41) is 5.80. The molecule has 0 radical (unpaired) electrons. The van der Waals surface area contributed by atoms with Crippen molar-refractivity contribution in [1.82, 2.24) is 20.1 Å². The van der Waals surface area contributed by atoms with Crippen molar-refractivity contribution in [3.05, 3.63) is 39.7 Å². The SMILES string of the molecule is Cc1nc(CNC(=O)c2ccc(CN3CCN(C)CC3)o2)cs1. The highest BCUT2D eigenvalue weighted by atomic mass is 32.1. The van der Waals surface area contributed by atoms with Crippen molar-refractivity contribution in [1.29, 1.82) is 0 Å². The number of hydrogen-bond donors (Lipinski definition) is 1. The van der Waals surface area contributed by atoms with E-state index in [0.717, 1.165) is 49.2 Å². The molecule has 1 N–H and O–H groups in total. The van der Waals surface area contributed by atoms with Crippen molar-refractivity contribution >= 4 is 17.2 Å². The molecule has 1 aliphatic rings. The number of hydrogen-bond acceptors (Lipinski definition) is 6. The number of nitrogens with zero attached hydrogens (tertiary/aromatic N) is 3. The third kappa shape index (κ3) is 4.40. The van der Waals surface area contributed by atoms with E-state index >= 15 is 0 Å². The highest BCUT2D eigenvalue weighted by molar-refractivity contribution is 7.09. The Balaban J connectivity index is 1.50. The van der Waals surface area contributed by atoms with E-state index in [4.69, 9.17) is 4.42 Å². The van der Waals surface area contributed by atoms with E-state index in [9.17, 15) is 4.79 Å². The normalized spacial score (nSPS) is 16.6. The maximum Gasteiger partial charge on any atom is 0.287 e.